The van der Waals surface area contributed by atoms with E-state index in [1.807, 2.05) is 0 Å². The number of nitrogens with zero attached hydrogens (tertiary/aromatic N) is 3. The highest BCUT2D eigenvalue weighted by atomic mass is 16.3. The highest BCUT2D eigenvalue weighted by Gasteiger charge is 2.30. The van der Waals surface area contributed by atoms with Crippen molar-refractivity contribution >= 4 is 5.82 Å². The number of hydrogen-bond donors (Lipinski definition) is 3. The van der Waals surface area contributed by atoms with Crippen molar-refractivity contribution in [3.63, 3.8) is 0 Å². The average molecular weight is 210 g/mol. The van der Waals surface area contributed by atoms with Crippen LogP contribution in [-0.4, -0.2) is 45.5 Å². The third kappa shape index (κ3) is 2.06. The van der Waals surface area contributed by atoms with Gasteiger partial charge in [-0.2, -0.15) is 0 Å². The first-order valence-corrected chi connectivity index (χ1v) is 4.83. The molecule has 6 heteroatoms. The van der Waals surface area contributed by atoms with E-state index >= 15 is 0 Å². The molecule has 1 aliphatic heterocycles. The summed E-state index contributed by atoms with van der Waals surface area (Å²) < 4.78 is 0. The Hall–Kier alpha value is -1.24. The molecule has 1 aliphatic rings. The van der Waals surface area contributed by atoms with Crippen molar-refractivity contribution in [2.75, 3.05) is 18.0 Å². The Morgan fingerprint density at radius 3 is 2.40 bits per heavy atom. The van der Waals surface area contributed by atoms with E-state index in [2.05, 4.69) is 9.97 Å². The summed E-state index contributed by atoms with van der Waals surface area (Å²) in [4.78, 5) is 10.1. The van der Waals surface area contributed by atoms with Crippen LogP contribution in [0.1, 0.15) is 5.69 Å². The van der Waals surface area contributed by atoms with Crippen molar-refractivity contribution in [1.29, 1.82) is 0 Å². The van der Waals surface area contributed by atoms with Gasteiger partial charge in [0.1, 0.15) is 5.82 Å². The Morgan fingerprint density at radius 2 is 1.93 bits per heavy atom. The van der Waals surface area contributed by atoms with Crippen molar-refractivity contribution in [2.45, 2.75) is 18.8 Å². The van der Waals surface area contributed by atoms with Crippen molar-refractivity contribution in [3.05, 3.63) is 18.1 Å². The van der Waals surface area contributed by atoms with Gasteiger partial charge in [0.15, 0.2) is 0 Å². The first-order chi connectivity index (χ1) is 7.20. The molecule has 6 nitrogen and oxygen atoms in total. The van der Waals surface area contributed by atoms with E-state index in [4.69, 9.17) is 5.73 Å². The lowest BCUT2D eigenvalue weighted by Gasteiger charge is -2.15. The molecular weight excluding hydrogens is 196 g/mol. The zero-order valence-electron chi connectivity index (χ0n) is 8.24. The van der Waals surface area contributed by atoms with Gasteiger partial charge in [-0.3, -0.25) is 4.98 Å². The monoisotopic (exact) mass is 210 g/mol. The van der Waals surface area contributed by atoms with Crippen LogP contribution >= 0.6 is 0 Å². The van der Waals surface area contributed by atoms with Crippen LogP contribution in [0.4, 0.5) is 5.82 Å². The fourth-order valence-corrected chi connectivity index (χ4v) is 1.57. The lowest BCUT2D eigenvalue weighted by molar-refractivity contribution is 0.0572. The van der Waals surface area contributed by atoms with E-state index in [-0.39, 0.29) is 0 Å². The molecule has 2 heterocycles. The van der Waals surface area contributed by atoms with Gasteiger partial charge < -0.3 is 20.8 Å². The van der Waals surface area contributed by atoms with Gasteiger partial charge in [-0.25, -0.2) is 4.98 Å². The van der Waals surface area contributed by atoms with Crippen LogP contribution in [0.2, 0.25) is 0 Å². The predicted molar refractivity (Wildman–Crippen MR) is 54.2 cm³/mol. The Labute approximate surface area is 87.4 Å². The maximum absolute atomic E-state index is 9.37. The molecule has 4 N–H and O–H groups in total. The number of β-amino-alcohol motifs (C(OH)–C–C–N with tert-alkyl or cyclic N) is 2. The summed E-state index contributed by atoms with van der Waals surface area (Å²) in [7, 11) is 0. The van der Waals surface area contributed by atoms with Crippen LogP contribution < -0.4 is 10.6 Å². The molecule has 0 bridgehead atoms. The molecule has 0 radical (unpaired) electrons. The smallest absolute Gasteiger partial charge is 0.147 e. The molecule has 0 aliphatic carbocycles. The molecule has 0 aromatic carbocycles. The molecule has 1 aromatic heterocycles. The highest BCUT2D eigenvalue weighted by Crippen LogP contribution is 2.17. The van der Waals surface area contributed by atoms with Crippen LogP contribution in [-0.2, 0) is 6.54 Å². The average Bonchev–Trinajstić information content (AvgIpc) is 2.59. The van der Waals surface area contributed by atoms with Crippen LogP contribution in [0.25, 0.3) is 0 Å². The van der Waals surface area contributed by atoms with Crippen molar-refractivity contribution < 1.29 is 10.2 Å². The number of hydrogen-bond acceptors (Lipinski definition) is 6. The summed E-state index contributed by atoms with van der Waals surface area (Å²) in [5.41, 5.74) is 6.12. The lowest BCUT2D eigenvalue weighted by atomic mass is 10.3. The van der Waals surface area contributed by atoms with Gasteiger partial charge in [-0.05, 0) is 0 Å². The molecule has 0 spiro atoms. The van der Waals surface area contributed by atoms with E-state index in [1.54, 1.807) is 17.3 Å². The second-order valence-electron chi connectivity index (χ2n) is 3.61. The van der Waals surface area contributed by atoms with Crippen LogP contribution in [0, 0.1) is 0 Å². The molecule has 0 amide bonds. The summed E-state index contributed by atoms with van der Waals surface area (Å²) >= 11 is 0. The Kier molecular flexibility index (Phi) is 2.81. The molecular formula is C9H14N4O2. The zero-order valence-corrected chi connectivity index (χ0v) is 8.24. The molecule has 2 rings (SSSR count). The summed E-state index contributed by atoms with van der Waals surface area (Å²) in [5, 5.41) is 18.7. The van der Waals surface area contributed by atoms with E-state index in [0.29, 0.717) is 25.5 Å². The number of aliphatic hydroxyl groups is 2. The third-order valence-electron chi connectivity index (χ3n) is 2.48. The Balaban J connectivity index is 2.10. The summed E-state index contributed by atoms with van der Waals surface area (Å²) in [6, 6.07) is 0. The second kappa shape index (κ2) is 4.09. The molecule has 2 unspecified atom stereocenters. The van der Waals surface area contributed by atoms with Gasteiger partial charge in [-0.1, -0.05) is 0 Å². The topological polar surface area (TPSA) is 95.5 Å². The minimum Gasteiger partial charge on any atom is -0.389 e. The molecule has 15 heavy (non-hydrogen) atoms. The van der Waals surface area contributed by atoms with Gasteiger partial charge in [0, 0.05) is 19.6 Å². The second-order valence-corrected chi connectivity index (χ2v) is 3.61. The molecule has 1 aromatic rings. The van der Waals surface area contributed by atoms with Gasteiger partial charge >= 0.3 is 0 Å². The van der Waals surface area contributed by atoms with E-state index in [9.17, 15) is 10.2 Å². The minimum atomic E-state index is -0.707. The van der Waals surface area contributed by atoms with Gasteiger partial charge in [-0.15, -0.1) is 0 Å². The van der Waals surface area contributed by atoms with E-state index in [1.165, 1.54) is 0 Å². The van der Waals surface area contributed by atoms with Crippen molar-refractivity contribution in [1.82, 2.24) is 9.97 Å². The normalized spacial score (nSPS) is 25.9. The number of aliphatic hydroxyl groups excluding tert-OH is 2. The first-order valence-electron chi connectivity index (χ1n) is 4.83. The van der Waals surface area contributed by atoms with Gasteiger partial charge in [0.2, 0.25) is 0 Å². The minimum absolute atomic E-state index is 0.360. The fourth-order valence-electron chi connectivity index (χ4n) is 1.57. The Bertz CT molecular complexity index is 319. The molecule has 0 saturated carbocycles. The molecule has 2 atom stereocenters. The lowest BCUT2D eigenvalue weighted by Crippen LogP contribution is -2.22. The summed E-state index contributed by atoms with van der Waals surface area (Å²) in [6.45, 7) is 1.13. The first kappa shape index (κ1) is 10.3. The summed E-state index contributed by atoms with van der Waals surface area (Å²) in [6.07, 6.45) is 1.79. The van der Waals surface area contributed by atoms with E-state index < -0.39 is 12.2 Å². The number of rotatable bonds is 2. The molecule has 1 fully saturated rings. The third-order valence-corrected chi connectivity index (χ3v) is 2.48. The zero-order chi connectivity index (χ0) is 10.8. The Morgan fingerprint density at radius 1 is 1.27 bits per heavy atom. The quantitative estimate of drug-likeness (QED) is 0.548. The fraction of sp³-hybridized carbons (Fsp3) is 0.556. The summed E-state index contributed by atoms with van der Waals surface area (Å²) in [5.74, 6) is 0.655. The van der Waals surface area contributed by atoms with Crippen LogP contribution in [0.3, 0.4) is 0 Å². The number of aromatic nitrogens is 2. The van der Waals surface area contributed by atoms with Gasteiger partial charge in [0.25, 0.3) is 0 Å². The van der Waals surface area contributed by atoms with Crippen molar-refractivity contribution in [2.24, 2.45) is 5.73 Å². The number of nitrogens with two attached hydrogens (primary N) is 1. The molecule has 1 saturated heterocycles. The highest BCUT2D eigenvalue weighted by molar-refractivity contribution is 5.38. The molecule has 82 valence electrons. The van der Waals surface area contributed by atoms with Crippen LogP contribution in [0.5, 0.6) is 0 Å². The maximum Gasteiger partial charge on any atom is 0.147 e. The van der Waals surface area contributed by atoms with Gasteiger partial charge in [0.05, 0.1) is 30.3 Å². The standard InChI is InChI=1S/C9H14N4O2/c10-1-6-2-12-9(3-11-6)13-4-7(14)8(15)5-13/h2-3,7-8,14-15H,1,4-5,10H2. The largest absolute Gasteiger partial charge is 0.389 e. The predicted octanol–water partition coefficient (Wildman–Crippen LogP) is -1.52. The van der Waals surface area contributed by atoms with Crippen molar-refractivity contribution in [3.8, 4) is 0 Å². The van der Waals surface area contributed by atoms with E-state index in [0.717, 1.165) is 5.69 Å². The maximum atomic E-state index is 9.37. The SMILES string of the molecule is NCc1cnc(N2CC(O)C(O)C2)cn1. The van der Waals surface area contributed by atoms with Crippen LogP contribution in [0.15, 0.2) is 12.4 Å². The number of anilines is 1.